The monoisotopic (exact) mass is 306 g/mol. The van der Waals surface area contributed by atoms with Gasteiger partial charge in [-0.1, -0.05) is 0 Å². The zero-order chi connectivity index (χ0) is 15.6. The summed E-state index contributed by atoms with van der Waals surface area (Å²) in [6.45, 7) is 4.97. The first-order valence-corrected chi connectivity index (χ1v) is 8.17. The molecule has 1 aromatic rings. The molecule has 1 atom stereocenters. The van der Waals surface area contributed by atoms with Crippen molar-refractivity contribution in [1.82, 2.24) is 14.9 Å². The third-order valence-electron chi connectivity index (χ3n) is 4.74. The van der Waals surface area contributed by atoms with Crippen LogP contribution in [0.15, 0.2) is 6.07 Å². The first-order valence-electron chi connectivity index (χ1n) is 8.17. The van der Waals surface area contributed by atoms with Crippen LogP contribution < -0.4 is 5.32 Å². The lowest BCUT2D eigenvalue weighted by molar-refractivity contribution is -0.0817. The summed E-state index contributed by atoms with van der Waals surface area (Å²) in [4.78, 5) is 11.4. The Morgan fingerprint density at radius 2 is 2.18 bits per heavy atom. The molecule has 0 radical (unpaired) electrons. The van der Waals surface area contributed by atoms with Gasteiger partial charge in [0.1, 0.15) is 11.6 Å². The van der Waals surface area contributed by atoms with Crippen molar-refractivity contribution in [2.75, 3.05) is 38.7 Å². The molecule has 0 aliphatic carbocycles. The molecule has 0 bridgehead atoms. The quantitative estimate of drug-likeness (QED) is 0.878. The summed E-state index contributed by atoms with van der Waals surface area (Å²) in [6.07, 6.45) is 3.68. The summed E-state index contributed by atoms with van der Waals surface area (Å²) < 4.78 is 5.38. The van der Waals surface area contributed by atoms with Crippen LogP contribution in [-0.4, -0.2) is 58.9 Å². The van der Waals surface area contributed by atoms with Gasteiger partial charge in [-0.15, -0.1) is 0 Å². The summed E-state index contributed by atoms with van der Waals surface area (Å²) in [7, 11) is 1.88. The highest BCUT2D eigenvalue weighted by Crippen LogP contribution is 2.34. The molecule has 1 aromatic heterocycles. The molecular weight excluding hydrogens is 280 g/mol. The maximum Gasteiger partial charge on any atom is 0.129 e. The van der Waals surface area contributed by atoms with Gasteiger partial charge in [0.15, 0.2) is 0 Å². The number of β-amino-alcohol motifs (C(OH)–C–C–N with tert-alkyl or cyclic N) is 1. The van der Waals surface area contributed by atoms with Gasteiger partial charge in [-0.2, -0.15) is 0 Å². The Kier molecular flexibility index (Phi) is 4.61. The molecule has 2 N–H and O–H groups in total. The number of aliphatic hydroxyl groups is 1. The first-order chi connectivity index (χ1) is 10.6. The van der Waals surface area contributed by atoms with E-state index in [1.807, 2.05) is 20.0 Å². The maximum absolute atomic E-state index is 10.8. The van der Waals surface area contributed by atoms with E-state index < -0.39 is 5.60 Å². The van der Waals surface area contributed by atoms with Gasteiger partial charge in [0.25, 0.3) is 0 Å². The molecule has 0 spiro atoms. The third kappa shape index (κ3) is 3.39. The van der Waals surface area contributed by atoms with Crippen molar-refractivity contribution in [2.24, 2.45) is 0 Å². The van der Waals surface area contributed by atoms with Gasteiger partial charge >= 0.3 is 0 Å². The van der Waals surface area contributed by atoms with Gasteiger partial charge in [-0.05, 0) is 26.3 Å². The zero-order valence-electron chi connectivity index (χ0n) is 13.5. The van der Waals surface area contributed by atoms with Gasteiger partial charge in [-0.25, -0.2) is 9.97 Å². The van der Waals surface area contributed by atoms with Crippen LogP contribution in [0.1, 0.15) is 43.2 Å². The van der Waals surface area contributed by atoms with Crippen LogP contribution in [-0.2, 0) is 4.74 Å². The van der Waals surface area contributed by atoms with E-state index in [2.05, 4.69) is 20.2 Å². The lowest BCUT2D eigenvalue weighted by Crippen LogP contribution is -2.46. The average molecular weight is 306 g/mol. The summed E-state index contributed by atoms with van der Waals surface area (Å²) in [5.74, 6) is 1.65. The van der Waals surface area contributed by atoms with E-state index in [4.69, 9.17) is 4.74 Å². The van der Waals surface area contributed by atoms with Gasteiger partial charge < -0.3 is 15.2 Å². The molecule has 0 amide bonds. The molecule has 6 heteroatoms. The Morgan fingerprint density at radius 3 is 2.91 bits per heavy atom. The zero-order valence-corrected chi connectivity index (χ0v) is 13.5. The highest BCUT2D eigenvalue weighted by molar-refractivity contribution is 5.36. The Hall–Kier alpha value is -1.24. The van der Waals surface area contributed by atoms with E-state index in [9.17, 15) is 5.11 Å². The normalized spacial score (nSPS) is 25.3. The fourth-order valence-electron chi connectivity index (χ4n) is 3.53. The van der Waals surface area contributed by atoms with Gasteiger partial charge in [-0.3, -0.25) is 4.90 Å². The Morgan fingerprint density at radius 1 is 1.41 bits per heavy atom. The molecule has 0 saturated carbocycles. The van der Waals surface area contributed by atoms with E-state index >= 15 is 0 Å². The molecule has 2 aliphatic rings. The molecule has 0 unspecified atom stereocenters. The molecule has 3 rings (SSSR count). The largest absolute Gasteiger partial charge is 0.388 e. The topological polar surface area (TPSA) is 70.5 Å². The minimum atomic E-state index is -0.616. The number of likely N-dealkylation sites (tertiary alicyclic amines) is 1. The second-order valence-corrected chi connectivity index (χ2v) is 6.44. The minimum absolute atomic E-state index is 0.278. The van der Waals surface area contributed by atoms with E-state index in [1.54, 1.807) is 0 Å². The van der Waals surface area contributed by atoms with Crippen molar-refractivity contribution in [3.63, 3.8) is 0 Å². The molecular formula is C16H26N4O2. The van der Waals surface area contributed by atoms with Crippen molar-refractivity contribution in [3.05, 3.63) is 17.6 Å². The molecule has 122 valence electrons. The number of aromatic nitrogens is 2. The van der Waals surface area contributed by atoms with Gasteiger partial charge in [0.2, 0.25) is 0 Å². The van der Waals surface area contributed by atoms with Crippen molar-refractivity contribution >= 4 is 5.82 Å². The highest BCUT2D eigenvalue weighted by Gasteiger charge is 2.37. The Bertz CT molecular complexity index is 517. The molecule has 3 heterocycles. The first kappa shape index (κ1) is 15.6. The number of aryl methyl sites for hydroxylation is 1. The van der Waals surface area contributed by atoms with E-state index in [0.717, 1.165) is 49.6 Å². The fraction of sp³-hybridized carbons (Fsp3) is 0.750. The fourth-order valence-corrected chi connectivity index (χ4v) is 3.53. The summed E-state index contributed by atoms with van der Waals surface area (Å²) >= 11 is 0. The Labute approximate surface area is 131 Å². The minimum Gasteiger partial charge on any atom is -0.388 e. The van der Waals surface area contributed by atoms with Crippen molar-refractivity contribution in [3.8, 4) is 0 Å². The molecule has 22 heavy (non-hydrogen) atoms. The smallest absolute Gasteiger partial charge is 0.129 e. The van der Waals surface area contributed by atoms with Crippen LogP contribution in [0.5, 0.6) is 0 Å². The lowest BCUT2D eigenvalue weighted by atomic mass is 9.93. The second kappa shape index (κ2) is 6.48. The van der Waals surface area contributed by atoms with Crippen molar-refractivity contribution < 1.29 is 9.84 Å². The van der Waals surface area contributed by atoms with Crippen LogP contribution in [0.25, 0.3) is 0 Å². The molecule has 0 aromatic carbocycles. The number of ether oxygens (including phenoxy) is 1. The van der Waals surface area contributed by atoms with Crippen LogP contribution >= 0.6 is 0 Å². The van der Waals surface area contributed by atoms with E-state index in [0.29, 0.717) is 19.8 Å². The van der Waals surface area contributed by atoms with Gasteiger partial charge in [0.05, 0.1) is 17.3 Å². The average Bonchev–Trinajstić information content (AvgIpc) is 2.94. The number of rotatable bonds is 4. The summed E-state index contributed by atoms with van der Waals surface area (Å²) in [5, 5.41) is 13.9. The second-order valence-electron chi connectivity index (χ2n) is 6.44. The molecule has 2 fully saturated rings. The Balaban J connectivity index is 1.76. The van der Waals surface area contributed by atoms with Crippen LogP contribution in [0.4, 0.5) is 5.82 Å². The van der Waals surface area contributed by atoms with Crippen LogP contribution in [0.2, 0.25) is 0 Å². The number of hydrogen-bond acceptors (Lipinski definition) is 6. The number of nitrogens with one attached hydrogen (secondary N) is 1. The predicted molar refractivity (Wildman–Crippen MR) is 84.9 cm³/mol. The van der Waals surface area contributed by atoms with Crippen LogP contribution in [0.3, 0.4) is 0 Å². The highest BCUT2D eigenvalue weighted by atomic mass is 16.5. The summed E-state index contributed by atoms with van der Waals surface area (Å²) in [6, 6.07) is 2.31. The summed E-state index contributed by atoms with van der Waals surface area (Å²) in [5.41, 5.74) is 0.444. The van der Waals surface area contributed by atoms with E-state index in [-0.39, 0.29) is 6.04 Å². The number of hydrogen-bond donors (Lipinski definition) is 2. The lowest BCUT2D eigenvalue weighted by Gasteiger charge is -2.37. The maximum atomic E-state index is 10.8. The molecule has 2 saturated heterocycles. The SMILES string of the molecule is CNc1cc([C@H]2CCCN2CC2(O)CCOCC2)nc(C)n1. The molecule has 2 aliphatic heterocycles. The molecule has 6 nitrogen and oxygen atoms in total. The number of nitrogens with zero attached hydrogens (tertiary/aromatic N) is 3. The number of anilines is 1. The van der Waals surface area contributed by atoms with Crippen molar-refractivity contribution in [1.29, 1.82) is 0 Å². The van der Waals surface area contributed by atoms with Gasteiger partial charge in [0, 0.05) is 45.7 Å². The standard InChI is InChI=1S/C16H26N4O2/c1-12-18-13(10-15(17-2)19-12)14-4-3-7-20(14)11-16(21)5-8-22-9-6-16/h10,14,21H,3-9,11H2,1-2H3,(H,17,18,19)/t14-/m1/s1. The van der Waals surface area contributed by atoms with Crippen molar-refractivity contribution in [2.45, 2.75) is 44.2 Å². The third-order valence-corrected chi connectivity index (χ3v) is 4.74. The van der Waals surface area contributed by atoms with E-state index in [1.165, 1.54) is 0 Å². The van der Waals surface area contributed by atoms with Crippen LogP contribution in [0, 0.1) is 6.92 Å². The predicted octanol–water partition coefficient (Wildman–Crippen LogP) is 1.51.